The molecule has 5 nitrogen and oxygen atoms in total. The summed E-state index contributed by atoms with van der Waals surface area (Å²) >= 11 is 0. The third kappa shape index (κ3) is 1.55. The van der Waals surface area contributed by atoms with Crippen LogP contribution in [0, 0.1) is 0 Å². The first-order valence-electron chi connectivity index (χ1n) is 11.9. The van der Waals surface area contributed by atoms with E-state index in [0.29, 0.717) is 0 Å². The summed E-state index contributed by atoms with van der Waals surface area (Å²) in [4.78, 5) is 4.51. The predicted octanol–water partition coefficient (Wildman–Crippen LogP) is 5.07. The van der Waals surface area contributed by atoms with Crippen LogP contribution in [0.3, 0.4) is 0 Å². The highest BCUT2D eigenvalue weighted by Gasteiger charge is 2.66. The van der Waals surface area contributed by atoms with Gasteiger partial charge in [-0.3, -0.25) is 4.98 Å². The first-order valence-corrected chi connectivity index (χ1v) is 11.9. The molecule has 160 valence electrons. The number of fused-ring (bicyclic) bond motifs is 5. The largest absolute Gasteiger partial charge is 0.456 e. The Bertz CT molecular complexity index is 2160. The summed E-state index contributed by atoms with van der Waals surface area (Å²) in [7, 11) is 0. The predicted molar refractivity (Wildman–Crippen MR) is 132 cm³/mol. The number of pyridine rings is 4. The van der Waals surface area contributed by atoms with Crippen molar-refractivity contribution in [2.45, 2.75) is 5.66 Å². The van der Waals surface area contributed by atoms with E-state index < -0.39 is 5.66 Å². The first-order chi connectivity index (χ1) is 17.4. The Kier molecular flexibility index (Phi) is 2.47. The van der Waals surface area contributed by atoms with Crippen LogP contribution in [0.1, 0.15) is 11.1 Å². The lowest BCUT2D eigenvalue weighted by Crippen LogP contribution is -2.74. The molecule has 0 saturated carbocycles. The molecular weight excluding hydrogens is 432 g/mol. The summed E-state index contributed by atoms with van der Waals surface area (Å²) in [5.41, 5.74) is 7.81. The number of nitrogens with zero attached hydrogens (tertiary/aromatic N) is 4. The smallest absolute Gasteiger partial charge is 0.374 e. The average Bonchev–Trinajstić information content (AvgIpc) is 3.45. The van der Waals surface area contributed by atoms with Crippen molar-refractivity contribution in [1.29, 1.82) is 0 Å². The Morgan fingerprint density at radius 1 is 0.771 bits per heavy atom. The van der Waals surface area contributed by atoms with Crippen molar-refractivity contribution < 1.29 is 13.9 Å². The minimum Gasteiger partial charge on any atom is -0.456 e. The molecule has 10 rings (SSSR count). The lowest BCUT2D eigenvalue weighted by Gasteiger charge is -2.33. The maximum atomic E-state index is 6.68. The molecule has 1 spiro atoms. The molecule has 0 fully saturated rings. The molecule has 1 atom stereocenters. The second-order valence-electron chi connectivity index (χ2n) is 9.69. The summed E-state index contributed by atoms with van der Waals surface area (Å²) in [6, 6.07) is 26.1. The average molecular weight is 448 g/mol. The van der Waals surface area contributed by atoms with Crippen LogP contribution in [0.5, 0.6) is 11.5 Å². The fourth-order valence-corrected chi connectivity index (χ4v) is 7.13. The number of ether oxygens (including phenoxy) is 1. The highest BCUT2D eigenvalue weighted by molar-refractivity contribution is 6.16. The minimum absolute atomic E-state index is 0.577. The fraction of sp³-hybridized carbons (Fsp3) is 0.0333. The molecule has 5 heteroatoms. The summed E-state index contributed by atoms with van der Waals surface area (Å²) < 4.78 is 14.0. The van der Waals surface area contributed by atoms with E-state index in [1.165, 1.54) is 60.6 Å². The summed E-state index contributed by atoms with van der Waals surface area (Å²) in [5.74, 6) is 1.82. The number of benzene rings is 2. The Morgan fingerprint density at radius 3 is 2.71 bits per heavy atom. The van der Waals surface area contributed by atoms with Crippen LogP contribution in [-0.4, -0.2) is 9.38 Å². The van der Waals surface area contributed by atoms with E-state index in [4.69, 9.17) is 4.74 Å². The highest BCUT2D eigenvalue weighted by atomic mass is 16.5. The second-order valence-corrected chi connectivity index (χ2v) is 9.69. The lowest BCUT2D eigenvalue weighted by atomic mass is 9.83. The molecule has 0 amide bonds. The minimum atomic E-state index is -0.577. The molecule has 0 saturated heterocycles. The quantitative estimate of drug-likeness (QED) is 0.240. The molecule has 5 aromatic heterocycles. The first kappa shape index (κ1) is 16.8. The van der Waals surface area contributed by atoms with Gasteiger partial charge in [-0.2, -0.15) is 8.97 Å². The molecule has 2 aromatic carbocycles. The topological polar surface area (TPSA) is 34.3 Å². The van der Waals surface area contributed by atoms with Crippen LogP contribution in [0.15, 0.2) is 97.6 Å². The van der Waals surface area contributed by atoms with Crippen molar-refractivity contribution in [1.82, 2.24) is 9.38 Å². The van der Waals surface area contributed by atoms with Crippen LogP contribution in [0.25, 0.3) is 49.5 Å². The zero-order valence-corrected chi connectivity index (χ0v) is 18.4. The van der Waals surface area contributed by atoms with Gasteiger partial charge < -0.3 is 4.74 Å². The maximum Gasteiger partial charge on any atom is 0.374 e. The standard InChI is InChI=1S/C30H16N4O/c1-2-13-32-22(7-1)20-6-3-8-24-26(20)30(32)27-25(35-24)10-9-19-21-16-31-12-11-18(21)23-15-17-5-4-14-33(30)29(17)34(23)28(19)27/h1-16H/q+2. The van der Waals surface area contributed by atoms with E-state index in [9.17, 15) is 0 Å². The van der Waals surface area contributed by atoms with E-state index in [1.54, 1.807) is 0 Å². The number of hydrogen-bond acceptors (Lipinski definition) is 2. The Balaban J connectivity index is 1.61. The van der Waals surface area contributed by atoms with Gasteiger partial charge in [0.05, 0.1) is 17.1 Å². The van der Waals surface area contributed by atoms with Crippen LogP contribution < -0.4 is 13.9 Å². The Labute approximate surface area is 198 Å². The van der Waals surface area contributed by atoms with Crippen LogP contribution in [0.4, 0.5) is 0 Å². The lowest BCUT2D eigenvalue weighted by molar-refractivity contribution is -0.954. The summed E-state index contributed by atoms with van der Waals surface area (Å²) in [6.45, 7) is 0. The van der Waals surface area contributed by atoms with Crippen molar-refractivity contribution in [2.75, 3.05) is 0 Å². The number of rotatable bonds is 0. The van der Waals surface area contributed by atoms with Gasteiger partial charge in [0.1, 0.15) is 22.6 Å². The van der Waals surface area contributed by atoms with Crippen LogP contribution in [0.2, 0.25) is 0 Å². The van der Waals surface area contributed by atoms with E-state index in [2.05, 4.69) is 104 Å². The van der Waals surface area contributed by atoms with Gasteiger partial charge in [-0.15, -0.1) is 4.57 Å². The molecule has 0 aliphatic carbocycles. The van der Waals surface area contributed by atoms with Gasteiger partial charge in [-0.25, -0.2) is 0 Å². The number of aromatic nitrogens is 4. The van der Waals surface area contributed by atoms with Gasteiger partial charge in [0, 0.05) is 46.8 Å². The monoisotopic (exact) mass is 448 g/mol. The van der Waals surface area contributed by atoms with Crippen molar-refractivity contribution in [3.8, 4) is 22.8 Å². The van der Waals surface area contributed by atoms with Gasteiger partial charge in [0.2, 0.25) is 5.69 Å². The molecule has 3 aliphatic heterocycles. The van der Waals surface area contributed by atoms with Gasteiger partial charge in [0.25, 0.3) is 0 Å². The van der Waals surface area contributed by atoms with Crippen molar-refractivity contribution >= 4 is 38.2 Å². The summed E-state index contributed by atoms with van der Waals surface area (Å²) in [5, 5.41) is 4.79. The van der Waals surface area contributed by atoms with E-state index >= 15 is 0 Å². The molecule has 0 bridgehead atoms. The SMILES string of the molecule is c1cc2c3c(c1)-c1cccc[n+]1C31c3c(ccc4c5cnccc5c5cc6ccc[n+]1c6n5c34)O2. The molecule has 35 heavy (non-hydrogen) atoms. The van der Waals surface area contributed by atoms with Gasteiger partial charge >= 0.3 is 11.3 Å². The normalized spacial score (nSPS) is 18.1. The van der Waals surface area contributed by atoms with Gasteiger partial charge in [-0.05, 0) is 48.5 Å². The van der Waals surface area contributed by atoms with E-state index in [1.807, 2.05) is 12.4 Å². The summed E-state index contributed by atoms with van der Waals surface area (Å²) in [6.07, 6.45) is 8.35. The van der Waals surface area contributed by atoms with E-state index in [0.717, 1.165) is 11.5 Å². The molecule has 0 radical (unpaired) electrons. The molecule has 8 heterocycles. The highest BCUT2D eigenvalue weighted by Crippen LogP contribution is 2.55. The zero-order chi connectivity index (χ0) is 22.5. The van der Waals surface area contributed by atoms with Crippen LogP contribution >= 0.6 is 0 Å². The number of hydrogen-bond donors (Lipinski definition) is 0. The second kappa shape index (κ2) is 5.15. The Morgan fingerprint density at radius 2 is 1.71 bits per heavy atom. The molecule has 7 aromatic rings. The maximum absolute atomic E-state index is 6.68. The zero-order valence-electron chi connectivity index (χ0n) is 18.4. The van der Waals surface area contributed by atoms with Crippen molar-refractivity contribution in [3.05, 3.63) is 109 Å². The van der Waals surface area contributed by atoms with Gasteiger partial charge in [0.15, 0.2) is 17.3 Å². The Hall–Kier alpha value is -4.77. The van der Waals surface area contributed by atoms with E-state index in [-0.39, 0.29) is 0 Å². The van der Waals surface area contributed by atoms with Crippen molar-refractivity contribution in [3.63, 3.8) is 0 Å². The van der Waals surface area contributed by atoms with Gasteiger partial charge in [-0.1, -0.05) is 6.07 Å². The van der Waals surface area contributed by atoms with Crippen LogP contribution in [-0.2, 0) is 5.66 Å². The molecule has 1 unspecified atom stereocenters. The third-order valence-corrected chi connectivity index (χ3v) is 8.27. The molecule has 0 N–H and O–H groups in total. The molecular formula is C30H16N4O+2. The fourth-order valence-electron chi connectivity index (χ4n) is 7.13. The van der Waals surface area contributed by atoms with Crippen molar-refractivity contribution in [2.24, 2.45) is 0 Å². The third-order valence-electron chi connectivity index (χ3n) is 8.27. The molecule has 3 aliphatic rings.